The van der Waals surface area contributed by atoms with Crippen molar-refractivity contribution in [1.29, 1.82) is 0 Å². The molecule has 5 rings (SSSR count). The number of carbonyl (C=O) groups is 1. The summed E-state index contributed by atoms with van der Waals surface area (Å²) in [7, 11) is 1.65. The van der Waals surface area contributed by atoms with E-state index in [1.807, 2.05) is 25.1 Å². The van der Waals surface area contributed by atoms with E-state index in [0.717, 1.165) is 38.3 Å². The number of hydrogen-bond donors (Lipinski definition) is 0. The topological polar surface area (TPSA) is 61.2 Å². The molecular formula is C25H25N5O2S2. The molecule has 0 aliphatic carbocycles. The lowest BCUT2D eigenvalue weighted by molar-refractivity contribution is -0.121. The molecule has 2 aromatic heterocycles. The summed E-state index contributed by atoms with van der Waals surface area (Å²) in [6, 6.07) is 14.2. The van der Waals surface area contributed by atoms with Gasteiger partial charge in [-0.15, -0.1) is 0 Å². The number of hydrogen-bond acceptors (Lipinski definition) is 7. The zero-order valence-corrected chi connectivity index (χ0v) is 20.7. The van der Waals surface area contributed by atoms with Crippen LogP contribution in [0.3, 0.4) is 0 Å². The van der Waals surface area contributed by atoms with Gasteiger partial charge in [0, 0.05) is 46.0 Å². The summed E-state index contributed by atoms with van der Waals surface area (Å²) in [5.41, 5.74) is 3.09. The van der Waals surface area contributed by atoms with Gasteiger partial charge in [0.1, 0.15) is 15.8 Å². The van der Waals surface area contributed by atoms with Gasteiger partial charge in [-0.05, 0) is 30.2 Å². The number of pyridine rings is 1. The highest BCUT2D eigenvalue weighted by Crippen LogP contribution is 2.32. The van der Waals surface area contributed by atoms with Crippen LogP contribution in [0.4, 0.5) is 5.82 Å². The number of benzene rings is 1. The first-order chi connectivity index (χ1) is 16.4. The van der Waals surface area contributed by atoms with Gasteiger partial charge in [-0.2, -0.15) is 0 Å². The fourth-order valence-corrected chi connectivity index (χ4v) is 5.47. The third-order valence-electron chi connectivity index (χ3n) is 6.25. The molecule has 0 radical (unpaired) electrons. The van der Waals surface area contributed by atoms with Gasteiger partial charge in [0.15, 0.2) is 0 Å². The monoisotopic (exact) mass is 491 g/mol. The third kappa shape index (κ3) is 4.26. The highest BCUT2D eigenvalue weighted by atomic mass is 32.2. The second kappa shape index (κ2) is 9.32. The predicted octanol–water partition coefficient (Wildman–Crippen LogP) is 3.16. The number of nitrogens with zero attached hydrogens (tertiary/aromatic N) is 5. The summed E-state index contributed by atoms with van der Waals surface area (Å²) in [4.78, 5) is 37.6. The highest BCUT2D eigenvalue weighted by molar-refractivity contribution is 8.26. The fraction of sp³-hybridized carbons (Fsp3) is 0.280. The average molecular weight is 492 g/mol. The number of carbonyl (C=O) groups excluding carboxylic acids is 1. The molecule has 0 N–H and O–H groups in total. The first-order valence-electron chi connectivity index (χ1n) is 11.2. The van der Waals surface area contributed by atoms with Gasteiger partial charge >= 0.3 is 0 Å². The number of aryl methyl sites for hydroxylation is 1. The number of likely N-dealkylation sites (N-methyl/N-ethyl adjacent to an activating group) is 1. The van der Waals surface area contributed by atoms with Gasteiger partial charge in [-0.1, -0.05) is 60.4 Å². The van der Waals surface area contributed by atoms with E-state index < -0.39 is 0 Å². The number of thioether (sulfide) groups is 1. The standard InChI is InChI=1S/C25H25N5O2S2/c1-17-7-6-10-30-21(17)26-22(19(23(30)31)15-20-24(32)27(2)25(33)34-20)29-13-11-28(12-14-29)16-18-8-4-3-5-9-18/h3-10,15H,11-14,16H2,1-2H3. The number of aromatic nitrogens is 2. The minimum atomic E-state index is -0.192. The van der Waals surface area contributed by atoms with Gasteiger partial charge in [0.05, 0.1) is 10.5 Å². The van der Waals surface area contributed by atoms with E-state index in [1.54, 1.807) is 23.7 Å². The van der Waals surface area contributed by atoms with Crippen LogP contribution in [0.5, 0.6) is 0 Å². The van der Waals surface area contributed by atoms with Crippen LogP contribution in [-0.2, 0) is 11.3 Å². The zero-order valence-electron chi connectivity index (χ0n) is 19.1. The van der Waals surface area contributed by atoms with Crippen LogP contribution in [-0.4, -0.2) is 62.6 Å². The first kappa shape index (κ1) is 22.8. The molecule has 2 saturated heterocycles. The minimum Gasteiger partial charge on any atom is -0.353 e. The molecule has 2 fully saturated rings. The summed E-state index contributed by atoms with van der Waals surface area (Å²) in [6.45, 7) is 6.06. The zero-order chi connectivity index (χ0) is 23.8. The predicted molar refractivity (Wildman–Crippen MR) is 141 cm³/mol. The number of piperazine rings is 1. The van der Waals surface area contributed by atoms with E-state index in [2.05, 4.69) is 34.1 Å². The Morgan fingerprint density at radius 2 is 1.79 bits per heavy atom. The Balaban J connectivity index is 1.51. The number of anilines is 1. The summed E-state index contributed by atoms with van der Waals surface area (Å²) < 4.78 is 2.04. The Morgan fingerprint density at radius 1 is 1.06 bits per heavy atom. The molecule has 7 nitrogen and oxygen atoms in total. The van der Waals surface area contributed by atoms with Crippen LogP contribution in [0.15, 0.2) is 58.4 Å². The van der Waals surface area contributed by atoms with E-state index in [0.29, 0.717) is 26.3 Å². The lowest BCUT2D eigenvalue weighted by Crippen LogP contribution is -2.47. The SMILES string of the molecule is Cc1cccn2c(=O)c(C=C3SC(=S)N(C)C3=O)c(N3CCN(Cc4ccccc4)CC3)nc12. The summed E-state index contributed by atoms with van der Waals surface area (Å²) in [5.74, 6) is 0.433. The van der Waals surface area contributed by atoms with Gasteiger partial charge in [0.2, 0.25) is 0 Å². The highest BCUT2D eigenvalue weighted by Gasteiger charge is 2.30. The van der Waals surface area contributed by atoms with Crippen LogP contribution in [0.25, 0.3) is 11.7 Å². The van der Waals surface area contributed by atoms with Crippen molar-refractivity contribution in [3.63, 3.8) is 0 Å². The molecule has 1 amide bonds. The fourth-order valence-electron chi connectivity index (χ4n) is 4.30. The Labute approximate surface area is 207 Å². The van der Waals surface area contributed by atoms with Crippen molar-refractivity contribution in [2.75, 3.05) is 38.1 Å². The maximum atomic E-state index is 13.6. The molecule has 174 valence electrons. The minimum absolute atomic E-state index is 0.184. The number of fused-ring (bicyclic) bond motifs is 1. The van der Waals surface area contributed by atoms with Crippen molar-refractivity contribution in [3.8, 4) is 0 Å². The van der Waals surface area contributed by atoms with Gasteiger partial charge in [-0.25, -0.2) is 4.98 Å². The molecule has 2 aliphatic heterocycles. The maximum absolute atomic E-state index is 13.6. The van der Waals surface area contributed by atoms with Crippen LogP contribution in [0, 0.1) is 6.92 Å². The van der Waals surface area contributed by atoms with E-state index in [4.69, 9.17) is 17.2 Å². The molecule has 0 unspecified atom stereocenters. The molecule has 3 aromatic rings. The Hall–Kier alpha value is -3.01. The molecule has 4 heterocycles. The summed E-state index contributed by atoms with van der Waals surface area (Å²) in [5, 5.41) is 0. The molecule has 9 heteroatoms. The van der Waals surface area contributed by atoms with Crippen molar-refractivity contribution in [3.05, 3.63) is 80.6 Å². The van der Waals surface area contributed by atoms with Crippen molar-refractivity contribution in [2.45, 2.75) is 13.5 Å². The number of thiocarbonyl (C=S) groups is 1. The summed E-state index contributed by atoms with van der Waals surface area (Å²) in [6.07, 6.45) is 3.39. The second-order valence-corrected chi connectivity index (χ2v) is 10.2. The van der Waals surface area contributed by atoms with Gasteiger partial charge < -0.3 is 4.90 Å². The molecular weight excluding hydrogens is 466 g/mol. The second-order valence-electron chi connectivity index (χ2n) is 8.53. The summed E-state index contributed by atoms with van der Waals surface area (Å²) >= 11 is 6.49. The van der Waals surface area contributed by atoms with Crippen LogP contribution in [0.2, 0.25) is 0 Å². The van der Waals surface area contributed by atoms with E-state index in [1.165, 1.54) is 22.2 Å². The normalized spacial score (nSPS) is 18.5. The Morgan fingerprint density at radius 3 is 2.47 bits per heavy atom. The Kier molecular flexibility index (Phi) is 6.24. The van der Waals surface area contributed by atoms with Crippen molar-refractivity contribution < 1.29 is 4.79 Å². The van der Waals surface area contributed by atoms with Crippen LogP contribution >= 0.6 is 24.0 Å². The van der Waals surface area contributed by atoms with E-state index in [9.17, 15) is 9.59 Å². The molecule has 0 spiro atoms. The Bertz CT molecular complexity index is 1360. The quantitative estimate of drug-likeness (QED) is 0.410. The first-order valence-corrected chi connectivity index (χ1v) is 12.4. The van der Waals surface area contributed by atoms with Crippen LogP contribution in [0.1, 0.15) is 16.7 Å². The number of rotatable bonds is 4. The van der Waals surface area contributed by atoms with Crippen molar-refractivity contribution in [1.82, 2.24) is 19.2 Å². The molecule has 2 aliphatic rings. The molecule has 0 bridgehead atoms. The van der Waals surface area contributed by atoms with Crippen molar-refractivity contribution in [2.24, 2.45) is 0 Å². The van der Waals surface area contributed by atoms with E-state index in [-0.39, 0.29) is 11.5 Å². The molecule has 0 atom stereocenters. The lowest BCUT2D eigenvalue weighted by atomic mass is 10.1. The molecule has 0 saturated carbocycles. The third-order valence-corrected chi connectivity index (χ3v) is 7.73. The number of amides is 1. The molecule has 34 heavy (non-hydrogen) atoms. The largest absolute Gasteiger partial charge is 0.353 e. The lowest BCUT2D eigenvalue weighted by Gasteiger charge is -2.36. The van der Waals surface area contributed by atoms with Gasteiger partial charge in [0.25, 0.3) is 11.5 Å². The molecule has 1 aromatic carbocycles. The van der Waals surface area contributed by atoms with Gasteiger partial charge in [-0.3, -0.25) is 23.8 Å². The average Bonchev–Trinajstić information content (AvgIpc) is 3.09. The van der Waals surface area contributed by atoms with E-state index >= 15 is 0 Å². The van der Waals surface area contributed by atoms with Crippen LogP contribution < -0.4 is 10.5 Å². The van der Waals surface area contributed by atoms with Crippen molar-refractivity contribution >= 4 is 51.7 Å². The maximum Gasteiger partial charge on any atom is 0.267 e. The smallest absolute Gasteiger partial charge is 0.267 e.